The summed E-state index contributed by atoms with van der Waals surface area (Å²) in [5.41, 5.74) is 2.21. The lowest BCUT2D eigenvalue weighted by molar-refractivity contribution is 0.0696. The Morgan fingerprint density at radius 1 is 1.38 bits per heavy atom. The first-order valence-electron chi connectivity index (χ1n) is 6.92. The number of nitrogens with one attached hydrogen (secondary N) is 1. The number of amides is 2. The molecule has 1 aliphatic rings. The molecule has 2 rings (SSSR count). The fraction of sp³-hybridized carbons (Fsp3) is 0.467. The summed E-state index contributed by atoms with van der Waals surface area (Å²) in [7, 11) is 0. The minimum atomic E-state index is -0.938. The van der Waals surface area contributed by atoms with Crippen LogP contribution < -0.4 is 5.32 Å². The van der Waals surface area contributed by atoms with Gasteiger partial charge in [-0.05, 0) is 35.9 Å². The third-order valence-corrected chi connectivity index (χ3v) is 4.73. The highest BCUT2D eigenvalue weighted by Gasteiger charge is 2.24. The van der Waals surface area contributed by atoms with Gasteiger partial charge in [0.1, 0.15) is 0 Å². The summed E-state index contributed by atoms with van der Waals surface area (Å²) in [6, 6.07) is 4.95. The second-order valence-corrected chi connectivity index (χ2v) is 6.49. The van der Waals surface area contributed by atoms with E-state index in [0.29, 0.717) is 24.9 Å². The summed E-state index contributed by atoms with van der Waals surface area (Å²) in [5, 5.41) is 12.4. The van der Waals surface area contributed by atoms with Crippen LogP contribution in [0.15, 0.2) is 18.2 Å². The topological polar surface area (TPSA) is 69.6 Å². The Morgan fingerprint density at radius 3 is 2.76 bits per heavy atom. The zero-order chi connectivity index (χ0) is 15.4. The number of urea groups is 1. The Labute approximate surface area is 128 Å². The first-order chi connectivity index (χ1) is 10.0. The van der Waals surface area contributed by atoms with E-state index >= 15 is 0 Å². The first-order valence-corrected chi connectivity index (χ1v) is 8.20. The van der Waals surface area contributed by atoms with Crippen LogP contribution in [0.4, 0.5) is 4.79 Å². The minimum absolute atomic E-state index is 0.0867. The van der Waals surface area contributed by atoms with E-state index in [4.69, 9.17) is 5.11 Å². The van der Waals surface area contributed by atoms with Gasteiger partial charge >= 0.3 is 12.0 Å². The lowest BCUT2D eigenvalue weighted by Gasteiger charge is -2.17. The normalized spacial score (nSPS) is 14.7. The first kappa shape index (κ1) is 15.7. The number of carboxylic acids is 1. The number of rotatable bonds is 5. The van der Waals surface area contributed by atoms with Crippen molar-refractivity contribution in [2.75, 3.05) is 12.8 Å². The minimum Gasteiger partial charge on any atom is -0.478 e. The van der Waals surface area contributed by atoms with Crippen LogP contribution in [0.5, 0.6) is 0 Å². The van der Waals surface area contributed by atoms with E-state index in [1.807, 2.05) is 0 Å². The molecule has 0 aliphatic carbocycles. The maximum absolute atomic E-state index is 12.1. The molecule has 0 fully saturated rings. The van der Waals surface area contributed by atoms with Gasteiger partial charge in [-0.15, -0.1) is 0 Å². The van der Waals surface area contributed by atoms with Crippen LogP contribution in [0.2, 0.25) is 0 Å². The van der Waals surface area contributed by atoms with Gasteiger partial charge in [0, 0.05) is 24.9 Å². The van der Waals surface area contributed by atoms with E-state index in [2.05, 4.69) is 18.5 Å². The van der Waals surface area contributed by atoms with Crippen molar-refractivity contribution in [2.24, 2.45) is 0 Å². The number of hydrogen-bond donors (Lipinski definition) is 2. The van der Waals surface area contributed by atoms with Crippen LogP contribution in [0, 0.1) is 0 Å². The molecule has 2 amide bonds. The molecule has 1 aliphatic heterocycles. The van der Waals surface area contributed by atoms with Crippen LogP contribution in [0.3, 0.4) is 0 Å². The standard InChI is InChI=1S/C15H20N2O3S/c1-10(21-2)5-6-16-15(20)17-8-12-4-3-11(14(18)19)7-13(12)9-17/h3-4,7,10H,5-6,8-9H2,1-2H3,(H,16,20)(H,18,19). The summed E-state index contributed by atoms with van der Waals surface area (Å²) < 4.78 is 0. The lowest BCUT2D eigenvalue weighted by Crippen LogP contribution is -2.37. The Bertz CT molecular complexity index is 548. The van der Waals surface area contributed by atoms with Crippen LogP contribution in [-0.2, 0) is 13.1 Å². The van der Waals surface area contributed by atoms with Gasteiger partial charge in [-0.1, -0.05) is 13.0 Å². The predicted molar refractivity (Wildman–Crippen MR) is 83.6 cm³/mol. The number of aromatic carboxylic acids is 1. The van der Waals surface area contributed by atoms with Crippen LogP contribution in [0.25, 0.3) is 0 Å². The third kappa shape index (κ3) is 3.91. The van der Waals surface area contributed by atoms with Crippen molar-refractivity contribution in [1.29, 1.82) is 0 Å². The second-order valence-electron chi connectivity index (χ2n) is 5.21. The number of benzene rings is 1. The lowest BCUT2D eigenvalue weighted by atomic mass is 10.1. The molecule has 2 N–H and O–H groups in total. The molecule has 1 heterocycles. The van der Waals surface area contributed by atoms with Gasteiger partial charge in [-0.2, -0.15) is 11.8 Å². The van der Waals surface area contributed by atoms with E-state index < -0.39 is 5.97 Å². The van der Waals surface area contributed by atoms with Crippen LogP contribution >= 0.6 is 11.8 Å². The van der Waals surface area contributed by atoms with E-state index in [1.54, 1.807) is 34.9 Å². The monoisotopic (exact) mass is 308 g/mol. The van der Waals surface area contributed by atoms with Gasteiger partial charge in [0.05, 0.1) is 5.56 Å². The van der Waals surface area contributed by atoms with E-state index in [-0.39, 0.29) is 11.6 Å². The number of carbonyl (C=O) groups is 2. The molecule has 0 saturated heterocycles. The highest BCUT2D eigenvalue weighted by molar-refractivity contribution is 7.99. The van der Waals surface area contributed by atoms with Gasteiger partial charge in [0.2, 0.25) is 0 Å². The highest BCUT2D eigenvalue weighted by Crippen LogP contribution is 2.24. The van der Waals surface area contributed by atoms with E-state index in [1.165, 1.54) is 0 Å². The van der Waals surface area contributed by atoms with Crippen molar-refractivity contribution in [2.45, 2.75) is 31.7 Å². The smallest absolute Gasteiger partial charge is 0.335 e. The Balaban J connectivity index is 1.90. The molecule has 5 nitrogen and oxygen atoms in total. The molecule has 1 unspecified atom stereocenters. The Kier molecular flexibility index (Phi) is 5.12. The van der Waals surface area contributed by atoms with Gasteiger partial charge < -0.3 is 15.3 Å². The molecule has 6 heteroatoms. The van der Waals surface area contributed by atoms with Gasteiger partial charge in [-0.25, -0.2) is 9.59 Å². The van der Waals surface area contributed by atoms with Crippen molar-refractivity contribution in [1.82, 2.24) is 10.2 Å². The van der Waals surface area contributed by atoms with Crippen molar-refractivity contribution >= 4 is 23.8 Å². The molecule has 0 bridgehead atoms. The molecule has 0 aromatic heterocycles. The quantitative estimate of drug-likeness (QED) is 0.877. The van der Waals surface area contributed by atoms with Gasteiger partial charge in [0.25, 0.3) is 0 Å². The van der Waals surface area contributed by atoms with Crippen LogP contribution in [-0.4, -0.2) is 40.1 Å². The maximum atomic E-state index is 12.1. The van der Waals surface area contributed by atoms with Crippen molar-refractivity contribution in [3.05, 3.63) is 34.9 Å². The van der Waals surface area contributed by atoms with Gasteiger partial charge in [0.15, 0.2) is 0 Å². The molecule has 1 aromatic carbocycles. The molecule has 114 valence electrons. The fourth-order valence-corrected chi connectivity index (χ4v) is 2.64. The number of fused-ring (bicyclic) bond motifs is 1. The highest BCUT2D eigenvalue weighted by atomic mass is 32.2. The average Bonchev–Trinajstić information content (AvgIpc) is 2.89. The number of thioether (sulfide) groups is 1. The van der Waals surface area contributed by atoms with Gasteiger partial charge in [-0.3, -0.25) is 0 Å². The average molecular weight is 308 g/mol. The predicted octanol–water partition coefficient (Wildman–Crippen LogP) is 2.55. The van der Waals surface area contributed by atoms with E-state index in [0.717, 1.165) is 17.5 Å². The molecular weight excluding hydrogens is 288 g/mol. The summed E-state index contributed by atoms with van der Waals surface area (Å²) in [6.45, 7) is 3.81. The molecule has 1 atom stereocenters. The molecule has 0 radical (unpaired) electrons. The summed E-state index contributed by atoms with van der Waals surface area (Å²) in [6.07, 6.45) is 3.00. The zero-order valence-corrected chi connectivity index (χ0v) is 13.1. The molecular formula is C15H20N2O3S. The van der Waals surface area contributed by atoms with Crippen molar-refractivity contribution in [3.63, 3.8) is 0 Å². The van der Waals surface area contributed by atoms with E-state index in [9.17, 15) is 9.59 Å². The van der Waals surface area contributed by atoms with Crippen LogP contribution in [0.1, 0.15) is 34.8 Å². The Morgan fingerprint density at radius 2 is 2.10 bits per heavy atom. The number of hydrogen-bond acceptors (Lipinski definition) is 3. The second kappa shape index (κ2) is 6.85. The molecule has 0 spiro atoms. The Hall–Kier alpha value is -1.69. The van der Waals surface area contributed by atoms with Crippen molar-refractivity contribution in [3.8, 4) is 0 Å². The molecule has 0 saturated carbocycles. The maximum Gasteiger partial charge on any atom is 0.335 e. The largest absolute Gasteiger partial charge is 0.478 e. The zero-order valence-electron chi connectivity index (χ0n) is 12.3. The fourth-order valence-electron chi connectivity index (χ4n) is 2.28. The molecule has 21 heavy (non-hydrogen) atoms. The number of nitrogens with zero attached hydrogens (tertiary/aromatic N) is 1. The molecule has 1 aromatic rings. The number of carboxylic acid groups (broad SMARTS) is 1. The summed E-state index contributed by atoms with van der Waals surface area (Å²) >= 11 is 1.78. The third-order valence-electron chi connectivity index (χ3n) is 3.69. The number of carbonyl (C=O) groups excluding carboxylic acids is 1. The summed E-state index contributed by atoms with van der Waals surface area (Å²) in [4.78, 5) is 24.8. The summed E-state index contributed by atoms with van der Waals surface area (Å²) in [5.74, 6) is -0.938. The SMILES string of the molecule is CSC(C)CCNC(=O)N1Cc2ccc(C(=O)O)cc2C1. The van der Waals surface area contributed by atoms with Crippen molar-refractivity contribution < 1.29 is 14.7 Å².